The first-order valence-electron chi connectivity index (χ1n) is 4.95. The first kappa shape index (κ1) is 14.3. The lowest BCUT2D eigenvalue weighted by molar-refractivity contribution is -0.642. The van der Waals surface area contributed by atoms with Crippen molar-refractivity contribution in [2.75, 3.05) is 5.43 Å². The Balaban J connectivity index is 0.00000162. The predicted octanol–water partition coefficient (Wildman–Crippen LogP) is -0.626. The van der Waals surface area contributed by atoms with Gasteiger partial charge in [-0.25, -0.2) is 4.79 Å². The number of ether oxygens (including phenoxy) is 1. The quantitative estimate of drug-likeness (QED) is 0.747. The smallest absolute Gasteiger partial charge is 0.466 e. The number of aromatic nitrogens is 1. The normalized spacial score (nSPS) is 9.17. The number of pyridine rings is 1. The molecule has 0 spiro atoms. The predicted molar refractivity (Wildman–Crippen MR) is 63.5 cm³/mol. The summed E-state index contributed by atoms with van der Waals surface area (Å²) < 4.78 is 6.54. The van der Waals surface area contributed by atoms with Crippen LogP contribution in [0.2, 0.25) is 5.02 Å². The van der Waals surface area contributed by atoms with E-state index in [2.05, 4.69) is 5.43 Å². The molecule has 1 amide bonds. The Morgan fingerprint density at radius 1 is 1.11 bits per heavy atom. The van der Waals surface area contributed by atoms with Crippen LogP contribution in [0.15, 0.2) is 54.9 Å². The lowest BCUT2D eigenvalue weighted by Gasteiger charge is -2.02. The Morgan fingerprint density at radius 2 is 1.72 bits per heavy atom. The van der Waals surface area contributed by atoms with Crippen LogP contribution >= 0.6 is 11.6 Å². The van der Waals surface area contributed by atoms with E-state index in [1.807, 2.05) is 6.07 Å². The number of nitrogens with zero attached hydrogens (tertiary/aromatic N) is 1. The Hall–Kier alpha value is -1.78. The first-order valence-corrected chi connectivity index (χ1v) is 5.32. The highest BCUT2D eigenvalue weighted by molar-refractivity contribution is 6.30. The second-order valence-electron chi connectivity index (χ2n) is 3.24. The maximum atomic E-state index is 11.5. The van der Waals surface area contributed by atoms with Gasteiger partial charge in [-0.1, -0.05) is 27.8 Å². The number of amides is 1. The summed E-state index contributed by atoms with van der Waals surface area (Å²) in [5.74, 6) is 0.434. The van der Waals surface area contributed by atoms with Crippen LogP contribution in [0.25, 0.3) is 0 Å². The van der Waals surface area contributed by atoms with Crippen molar-refractivity contribution in [1.29, 1.82) is 0 Å². The molecule has 0 saturated carbocycles. The van der Waals surface area contributed by atoms with Gasteiger partial charge in [-0.05, 0) is 24.3 Å². The van der Waals surface area contributed by atoms with Gasteiger partial charge >= 0.3 is 6.09 Å². The third-order valence-corrected chi connectivity index (χ3v) is 2.21. The number of rotatable bonds is 2. The third-order valence-electron chi connectivity index (χ3n) is 1.96. The van der Waals surface area contributed by atoms with Gasteiger partial charge in [0.2, 0.25) is 0 Å². The molecule has 2 aromatic rings. The molecule has 0 bridgehead atoms. The molecular formula is C12H10Cl2N2O2. The molecule has 1 N–H and O–H groups in total. The van der Waals surface area contributed by atoms with Crippen molar-refractivity contribution in [3.8, 4) is 5.75 Å². The number of benzene rings is 1. The van der Waals surface area contributed by atoms with Crippen molar-refractivity contribution in [3.05, 3.63) is 59.9 Å². The molecule has 0 aliphatic rings. The van der Waals surface area contributed by atoms with Crippen LogP contribution in [0.3, 0.4) is 0 Å². The number of hydrogen-bond donors (Lipinski definition) is 1. The van der Waals surface area contributed by atoms with Crippen LogP contribution in [0.4, 0.5) is 4.79 Å². The topological polar surface area (TPSA) is 42.2 Å². The first-order chi connectivity index (χ1) is 8.24. The SMILES string of the molecule is O=C(N[n+]1ccccc1)Oc1ccc(Cl)cc1.[Cl-]. The molecule has 0 saturated heterocycles. The van der Waals surface area contributed by atoms with E-state index < -0.39 is 6.09 Å². The summed E-state index contributed by atoms with van der Waals surface area (Å²) in [5, 5.41) is 0.593. The molecule has 2 rings (SSSR count). The summed E-state index contributed by atoms with van der Waals surface area (Å²) in [6.45, 7) is 0. The molecule has 18 heavy (non-hydrogen) atoms. The van der Waals surface area contributed by atoms with Crippen molar-refractivity contribution in [1.82, 2.24) is 0 Å². The van der Waals surface area contributed by atoms with Gasteiger partial charge in [-0.3, -0.25) is 0 Å². The number of nitrogens with one attached hydrogen (secondary N) is 1. The second kappa shape index (κ2) is 6.83. The van der Waals surface area contributed by atoms with Crippen LogP contribution in [-0.4, -0.2) is 6.09 Å². The fourth-order valence-corrected chi connectivity index (χ4v) is 1.34. The minimum absolute atomic E-state index is 0. The molecule has 6 heteroatoms. The average Bonchev–Trinajstić information content (AvgIpc) is 2.33. The van der Waals surface area contributed by atoms with E-state index in [4.69, 9.17) is 16.3 Å². The molecular weight excluding hydrogens is 275 g/mol. The van der Waals surface area contributed by atoms with Crippen molar-refractivity contribution in [3.63, 3.8) is 0 Å². The molecule has 1 heterocycles. The van der Waals surface area contributed by atoms with E-state index in [1.165, 1.54) is 4.68 Å². The highest BCUT2D eigenvalue weighted by atomic mass is 35.5. The summed E-state index contributed by atoms with van der Waals surface area (Å²) in [4.78, 5) is 11.5. The summed E-state index contributed by atoms with van der Waals surface area (Å²) in [7, 11) is 0. The zero-order valence-corrected chi connectivity index (χ0v) is 10.7. The van der Waals surface area contributed by atoms with Crippen LogP contribution in [0, 0.1) is 0 Å². The Kier molecular flexibility index (Phi) is 5.42. The maximum Gasteiger partial charge on any atom is 0.466 e. The summed E-state index contributed by atoms with van der Waals surface area (Å²) in [6, 6.07) is 12.0. The van der Waals surface area contributed by atoms with Gasteiger partial charge in [0.05, 0.1) is 0 Å². The number of carbonyl (C=O) groups excluding carboxylic acids is 1. The van der Waals surface area contributed by atoms with Gasteiger partial charge in [0.25, 0.3) is 0 Å². The molecule has 1 aromatic heterocycles. The Labute approximate surface area is 116 Å². The minimum Gasteiger partial charge on any atom is -1.00 e. The van der Waals surface area contributed by atoms with Gasteiger partial charge in [0, 0.05) is 17.2 Å². The van der Waals surface area contributed by atoms with E-state index in [0.717, 1.165) is 0 Å². The van der Waals surface area contributed by atoms with Gasteiger partial charge in [0.15, 0.2) is 12.4 Å². The Morgan fingerprint density at radius 3 is 2.33 bits per heavy atom. The van der Waals surface area contributed by atoms with Gasteiger partial charge in [-0.15, -0.1) is 0 Å². The molecule has 0 fully saturated rings. The van der Waals surface area contributed by atoms with E-state index in [1.54, 1.807) is 48.8 Å². The molecule has 0 unspecified atom stereocenters. The molecule has 0 atom stereocenters. The molecule has 4 nitrogen and oxygen atoms in total. The molecule has 0 radical (unpaired) electrons. The fourth-order valence-electron chi connectivity index (χ4n) is 1.21. The van der Waals surface area contributed by atoms with Crippen molar-refractivity contribution in [2.45, 2.75) is 0 Å². The Bertz CT molecular complexity index is 503. The highest BCUT2D eigenvalue weighted by Gasteiger charge is 2.08. The summed E-state index contributed by atoms with van der Waals surface area (Å²) >= 11 is 5.72. The van der Waals surface area contributed by atoms with E-state index in [-0.39, 0.29) is 12.4 Å². The highest BCUT2D eigenvalue weighted by Crippen LogP contribution is 2.15. The largest absolute Gasteiger partial charge is 1.00 e. The van der Waals surface area contributed by atoms with Gasteiger partial charge in [-0.2, -0.15) is 0 Å². The van der Waals surface area contributed by atoms with E-state index in [9.17, 15) is 4.79 Å². The molecule has 0 aliphatic carbocycles. The van der Waals surface area contributed by atoms with Gasteiger partial charge in [0.1, 0.15) is 5.75 Å². The van der Waals surface area contributed by atoms with Crippen LogP contribution < -0.4 is 27.2 Å². The maximum absolute atomic E-state index is 11.5. The van der Waals surface area contributed by atoms with Crippen LogP contribution in [-0.2, 0) is 0 Å². The van der Waals surface area contributed by atoms with Crippen LogP contribution in [0.1, 0.15) is 0 Å². The van der Waals surface area contributed by atoms with Crippen molar-refractivity contribution < 1.29 is 26.6 Å². The average molecular weight is 285 g/mol. The fraction of sp³-hybridized carbons (Fsp3) is 0. The van der Waals surface area contributed by atoms with Gasteiger partial charge < -0.3 is 17.1 Å². The molecule has 1 aromatic carbocycles. The van der Waals surface area contributed by atoms with Crippen molar-refractivity contribution in [2.24, 2.45) is 0 Å². The monoisotopic (exact) mass is 284 g/mol. The number of carbonyl (C=O) groups is 1. The van der Waals surface area contributed by atoms with Crippen LogP contribution in [0.5, 0.6) is 5.75 Å². The lowest BCUT2D eigenvalue weighted by Crippen LogP contribution is -3.00. The number of halogens is 2. The van der Waals surface area contributed by atoms with E-state index in [0.29, 0.717) is 10.8 Å². The third kappa shape index (κ3) is 4.24. The zero-order chi connectivity index (χ0) is 12.1. The molecule has 94 valence electrons. The molecule has 0 aliphatic heterocycles. The second-order valence-corrected chi connectivity index (χ2v) is 3.67. The van der Waals surface area contributed by atoms with Crippen molar-refractivity contribution >= 4 is 17.7 Å². The number of hydrogen-bond acceptors (Lipinski definition) is 2. The standard InChI is InChI=1S/C12H9ClN2O2.ClH/c13-10-4-6-11(7-5-10)17-12(16)14-15-8-2-1-3-9-15;/h1-9H;1H. The summed E-state index contributed by atoms with van der Waals surface area (Å²) in [5.41, 5.74) is 2.53. The lowest BCUT2D eigenvalue weighted by atomic mass is 10.3. The minimum atomic E-state index is -0.566. The zero-order valence-electron chi connectivity index (χ0n) is 9.22. The van der Waals surface area contributed by atoms with E-state index >= 15 is 0 Å². The summed E-state index contributed by atoms with van der Waals surface area (Å²) in [6.07, 6.45) is 2.83.